The van der Waals surface area contributed by atoms with Gasteiger partial charge in [0.05, 0.1) is 6.21 Å². The molecule has 1 aromatic heterocycles. The summed E-state index contributed by atoms with van der Waals surface area (Å²) in [4.78, 5) is 11.6. The van der Waals surface area contributed by atoms with E-state index in [2.05, 4.69) is 10.5 Å². The molecule has 1 heterocycles. The first-order valence-corrected chi connectivity index (χ1v) is 8.29. The lowest BCUT2D eigenvalue weighted by molar-refractivity contribution is -0.123. The summed E-state index contributed by atoms with van der Waals surface area (Å²) in [5.74, 6) is 0.162. The quantitative estimate of drug-likeness (QED) is 0.464. The molecule has 1 amide bonds. The van der Waals surface area contributed by atoms with Crippen molar-refractivity contribution in [1.82, 2.24) is 5.43 Å². The van der Waals surface area contributed by atoms with Crippen LogP contribution in [0.25, 0.3) is 0 Å². The van der Waals surface area contributed by atoms with E-state index in [-0.39, 0.29) is 12.4 Å². The van der Waals surface area contributed by atoms with Crippen molar-refractivity contribution in [3.8, 4) is 5.75 Å². The number of carbonyl (C=O) groups is 1. The van der Waals surface area contributed by atoms with E-state index in [1.807, 2.05) is 26.0 Å². The molecule has 2 N–H and O–H groups in total. The summed E-state index contributed by atoms with van der Waals surface area (Å²) < 4.78 is 40.6. The minimum absolute atomic E-state index is 0.0539. The average Bonchev–Trinajstić information content (AvgIpc) is 2.95. The third-order valence-electron chi connectivity index (χ3n) is 2.93. The van der Waals surface area contributed by atoms with E-state index in [0.29, 0.717) is 5.75 Å². The highest BCUT2D eigenvalue weighted by molar-refractivity contribution is 7.85. The van der Waals surface area contributed by atoms with Crippen LogP contribution in [0.1, 0.15) is 16.9 Å². The lowest BCUT2D eigenvalue weighted by Crippen LogP contribution is -2.24. The van der Waals surface area contributed by atoms with Crippen LogP contribution in [0.2, 0.25) is 0 Å². The monoisotopic (exact) mass is 352 g/mol. The Balaban J connectivity index is 1.85. The molecule has 2 aromatic rings. The van der Waals surface area contributed by atoms with Crippen LogP contribution in [0.4, 0.5) is 0 Å². The van der Waals surface area contributed by atoms with Crippen LogP contribution in [-0.2, 0) is 14.9 Å². The normalized spacial score (nSPS) is 11.6. The van der Waals surface area contributed by atoms with Crippen LogP contribution in [0.5, 0.6) is 5.75 Å². The number of amides is 1. The van der Waals surface area contributed by atoms with Crippen molar-refractivity contribution in [2.75, 3.05) is 6.61 Å². The van der Waals surface area contributed by atoms with Gasteiger partial charge in [0.25, 0.3) is 5.91 Å². The van der Waals surface area contributed by atoms with Crippen LogP contribution >= 0.6 is 0 Å². The van der Waals surface area contributed by atoms with Crippen molar-refractivity contribution in [1.29, 1.82) is 0 Å². The molecule has 24 heavy (non-hydrogen) atoms. The Morgan fingerprint density at radius 2 is 2.08 bits per heavy atom. The molecular weight excluding hydrogens is 336 g/mol. The van der Waals surface area contributed by atoms with Crippen molar-refractivity contribution in [2.24, 2.45) is 5.10 Å². The van der Waals surface area contributed by atoms with Crippen LogP contribution in [0, 0.1) is 13.8 Å². The van der Waals surface area contributed by atoms with E-state index in [1.54, 1.807) is 6.07 Å². The van der Waals surface area contributed by atoms with E-state index >= 15 is 0 Å². The molecule has 0 saturated carbocycles. The van der Waals surface area contributed by atoms with Crippen LogP contribution < -0.4 is 10.2 Å². The molecule has 0 fully saturated rings. The number of rotatable bonds is 6. The third kappa shape index (κ3) is 4.93. The average molecular weight is 352 g/mol. The molecular formula is C15H16N2O6S. The molecule has 1 aromatic carbocycles. The molecule has 0 unspecified atom stereocenters. The van der Waals surface area contributed by atoms with Gasteiger partial charge in [0, 0.05) is 0 Å². The number of furan rings is 1. The topological polar surface area (TPSA) is 118 Å². The summed E-state index contributed by atoms with van der Waals surface area (Å²) in [6, 6.07) is 7.95. The Morgan fingerprint density at radius 3 is 2.71 bits per heavy atom. The number of hydrogen-bond donors (Lipinski definition) is 2. The minimum atomic E-state index is -4.41. The summed E-state index contributed by atoms with van der Waals surface area (Å²) in [6.07, 6.45) is 1.10. The zero-order valence-electron chi connectivity index (χ0n) is 13.0. The lowest BCUT2D eigenvalue weighted by Gasteiger charge is -2.08. The van der Waals surface area contributed by atoms with Crippen LogP contribution in [-0.4, -0.2) is 31.7 Å². The van der Waals surface area contributed by atoms with Gasteiger partial charge in [0.1, 0.15) is 11.5 Å². The van der Waals surface area contributed by atoms with Gasteiger partial charge in [-0.3, -0.25) is 9.35 Å². The number of benzene rings is 1. The van der Waals surface area contributed by atoms with Gasteiger partial charge in [-0.25, -0.2) is 5.43 Å². The summed E-state index contributed by atoms with van der Waals surface area (Å²) in [6.45, 7) is 3.61. The van der Waals surface area contributed by atoms with Gasteiger partial charge in [0.15, 0.2) is 6.61 Å². The van der Waals surface area contributed by atoms with Crippen molar-refractivity contribution in [2.45, 2.75) is 18.9 Å². The fraction of sp³-hybridized carbons (Fsp3) is 0.200. The molecule has 8 nitrogen and oxygen atoms in total. The molecule has 0 atom stereocenters. The number of carbonyl (C=O) groups excluding carboxylic acids is 1. The fourth-order valence-corrected chi connectivity index (χ4v) is 2.29. The number of hydrazone groups is 1. The standard InChI is InChI=1S/C15H16N2O6S/c1-10-3-5-13(11(2)7-10)22-9-14(18)17-16-8-12-4-6-15(23-12)24(19,20)21/h3-8H,9H2,1-2H3,(H,17,18)(H,19,20,21)/b16-8+. The van der Waals surface area contributed by atoms with Crippen LogP contribution in [0.3, 0.4) is 0 Å². The summed E-state index contributed by atoms with van der Waals surface area (Å²) in [7, 11) is -4.41. The van der Waals surface area contributed by atoms with Crippen molar-refractivity contribution >= 4 is 22.2 Å². The highest BCUT2D eigenvalue weighted by atomic mass is 32.2. The molecule has 0 aliphatic carbocycles. The Bertz CT molecular complexity index is 870. The Morgan fingerprint density at radius 1 is 1.33 bits per heavy atom. The molecule has 0 saturated heterocycles. The SMILES string of the molecule is Cc1ccc(OCC(=O)N/N=C/c2ccc(S(=O)(=O)O)o2)c(C)c1. The van der Waals surface area contributed by atoms with Gasteiger partial charge >= 0.3 is 10.1 Å². The van der Waals surface area contributed by atoms with E-state index in [0.717, 1.165) is 23.4 Å². The zero-order chi connectivity index (χ0) is 17.7. The van der Waals surface area contributed by atoms with Crippen LogP contribution in [0.15, 0.2) is 44.9 Å². The minimum Gasteiger partial charge on any atom is -0.483 e. The van der Waals surface area contributed by atoms with E-state index in [4.69, 9.17) is 13.7 Å². The van der Waals surface area contributed by atoms with E-state index < -0.39 is 21.1 Å². The number of nitrogens with zero attached hydrogens (tertiary/aromatic N) is 1. The predicted molar refractivity (Wildman–Crippen MR) is 85.7 cm³/mol. The molecule has 0 spiro atoms. The van der Waals surface area contributed by atoms with Crippen molar-refractivity contribution in [3.05, 3.63) is 47.2 Å². The molecule has 2 rings (SSSR count). The smallest absolute Gasteiger partial charge is 0.328 e. The zero-order valence-corrected chi connectivity index (χ0v) is 13.8. The molecule has 9 heteroatoms. The predicted octanol–water partition coefficient (Wildman–Crippen LogP) is 1.67. The summed E-state index contributed by atoms with van der Waals surface area (Å²) in [5.41, 5.74) is 4.22. The lowest BCUT2D eigenvalue weighted by atomic mass is 10.1. The van der Waals surface area contributed by atoms with Gasteiger partial charge in [-0.1, -0.05) is 17.7 Å². The third-order valence-corrected chi connectivity index (χ3v) is 3.65. The van der Waals surface area contributed by atoms with Gasteiger partial charge in [-0.2, -0.15) is 13.5 Å². The number of ether oxygens (including phenoxy) is 1. The highest BCUT2D eigenvalue weighted by Gasteiger charge is 2.14. The second-order valence-electron chi connectivity index (χ2n) is 4.98. The fourth-order valence-electron chi connectivity index (χ4n) is 1.85. The molecule has 128 valence electrons. The largest absolute Gasteiger partial charge is 0.483 e. The maximum Gasteiger partial charge on any atom is 0.328 e. The summed E-state index contributed by atoms with van der Waals surface area (Å²) in [5, 5.41) is 3.01. The Kier molecular flexibility index (Phi) is 5.37. The number of hydrogen-bond acceptors (Lipinski definition) is 6. The van der Waals surface area contributed by atoms with E-state index in [1.165, 1.54) is 6.07 Å². The molecule has 0 bridgehead atoms. The van der Waals surface area contributed by atoms with Crippen molar-refractivity contribution < 1.29 is 26.9 Å². The summed E-state index contributed by atoms with van der Waals surface area (Å²) >= 11 is 0. The second kappa shape index (κ2) is 7.28. The Labute approximate surface area is 138 Å². The van der Waals surface area contributed by atoms with Crippen molar-refractivity contribution in [3.63, 3.8) is 0 Å². The first-order valence-electron chi connectivity index (χ1n) is 6.85. The second-order valence-corrected chi connectivity index (χ2v) is 6.34. The molecule has 0 aliphatic heterocycles. The highest BCUT2D eigenvalue weighted by Crippen LogP contribution is 2.18. The van der Waals surface area contributed by atoms with Gasteiger partial charge < -0.3 is 9.15 Å². The molecule has 0 radical (unpaired) electrons. The number of nitrogens with one attached hydrogen (secondary N) is 1. The maximum atomic E-state index is 11.6. The van der Waals surface area contributed by atoms with Gasteiger partial charge in [-0.05, 0) is 37.6 Å². The van der Waals surface area contributed by atoms with Gasteiger partial charge in [0.2, 0.25) is 5.09 Å². The number of aryl methyl sites for hydroxylation is 2. The molecule has 0 aliphatic rings. The van der Waals surface area contributed by atoms with E-state index in [9.17, 15) is 13.2 Å². The maximum absolute atomic E-state index is 11.6. The first-order chi connectivity index (χ1) is 11.3. The Hall–Kier alpha value is -2.65. The van der Waals surface area contributed by atoms with Gasteiger partial charge in [-0.15, -0.1) is 0 Å². The first kappa shape index (κ1) is 17.7.